The molecule has 0 saturated heterocycles. The highest BCUT2D eigenvalue weighted by Crippen LogP contribution is 2.51. The van der Waals surface area contributed by atoms with Gasteiger partial charge in [-0.25, -0.2) is 15.0 Å². The van der Waals surface area contributed by atoms with Crippen molar-refractivity contribution in [2.75, 3.05) is 0 Å². The minimum atomic E-state index is 0.571. The lowest BCUT2D eigenvalue weighted by atomic mass is 10.0. The Kier molecular flexibility index (Phi) is 6.12. The van der Waals surface area contributed by atoms with Crippen molar-refractivity contribution in [3.63, 3.8) is 0 Å². The number of benzene rings is 7. The quantitative estimate of drug-likeness (QED) is 0.185. The van der Waals surface area contributed by atoms with Crippen molar-refractivity contribution in [1.82, 2.24) is 19.5 Å². The molecule has 7 aromatic carbocycles. The molecule has 0 spiro atoms. The van der Waals surface area contributed by atoms with Crippen LogP contribution in [0, 0.1) is 0 Å². The molecular formula is C45H26N4O3. The molecule has 7 heteroatoms. The summed E-state index contributed by atoms with van der Waals surface area (Å²) in [4.78, 5) is 15.0. The van der Waals surface area contributed by atoms with Crippen molar-refractivity contribution in [2.45, 2.75) is 0 Å². The molecule has 0 amide bonds. The minimum Gasteiger partial charge on any atom is -0.456 e. The van der Waals surface area contributed by atoms with E-state index in [1.165, 1.54) is 0 Å². The fraction of sp³-hybridized carbons (Fsp3) is 0. The number of rotatable bonds is 4. The van der Waals surface area contributed by atoms with Crippen molar-refractivity contribution in [2.24, 2.45) is 0 Å². The number of ether oxygens (including phenoxy) is 2. The van der Waals surface area contributed by atoms with Crippen LogP contribution in [0.25, 0.3) is 83.6 Å². The van der Waals surface area contributed by atoms with E-state index in [0.717, 1.165) is 66.1 Å². The lowest BCUT2D eigenvalue weighted by Crippen LogP contribution is -2.02. The number of furan rings is 1. The highest BCUT2D eigenvalue weighted by Gasteiger charge is 2.26. The zero-order valence-electron chi connectivity index (χ0n) is 27.5. The normalized spacial score (nSPS) is 12.2. The average molecular weight is 671 g/mol. The molecular weight excluding hydrogens is 645 g/mol. The summed E-state index contributed by atoms with van der Waals surface area (Å²) < 4.78 is 21.7. The first-order valence-electron chi connectivity index (χ1n) is 17.1. The molecule has 0 N–H and O–H groups in total. The molecule has 0 radical (unpaired) electrons. The van der Waals surface area contributed by atoms with Crippen LogP contribution in [-0.4, -0.2) is 19.5 Å². The predicted molar refractivity (Wildman–Crippen MR) is 204 cm³/mol. The van der Waals surface area contributed by atoms with E-state index in [1.807, 2.05) is 109 Å². The van der Waals surface area contributed by atoms with Crippen LogP contribution < -0.4 is 9.47 Å². The minimum absolute atomic E-state index is 0.571. The van der Waals surface area contributed by atoms with Crippen molar-refractivity contribution in [3.05, 3.63) is 158 Å². The molecule has 7 nitrogen and oxygen atoms in total. The third-order valence-electron chi connectivity index (χ3n) is 9.71. The highest BCUT2D eigenvalue weighted by atomic mass is 16.6. The van der Waals surface area contributed by atoms with Crippen LogP contribution in [0.4, 0.5) is 0 Å². The van der Waals surface area contributed by atoms with Gasteiger partial charge in [0.05, 0.1) is 5.52 Å². The number of fused-ring (bicyclic) bond motifs is 9. The molecule has 52 heavy (non-hydrogen) atoms. The molecule has 0 fully saturated rings. The maximum atomic E-state index is 6.61. The largest absolute Gasteiger partial charge is 0.456 e. The summed E-state index contributed by atoms with van der Waals surface area (Å²) in [6, 6.07) is 52.7. The Labute approximate surface area is 297 Å². The summed E-state index contributed by atoms with van der Waals surface area (Å²) in [5.74, 6) is 4.51. The molecule has 0 aliphatic carbocycles. The van der Waals surface area contributed by atoms with Gasteiger partial charge < -0.3 is 18.5 Å². The van der Waals surface area contributed by atoms with Crippen molar-refractivity contribution < 1.29 is 13.9 Å². The Morgan fingerprint density at radius 3 is 1.88 bits per heavy atom. The Morgan fingerprint density at radius 1 is 0.442 bits per heavy atom. The van der Waals surface area contributed by atoms with Gasteiger partial charge in [-0.2, -0.15) is 0 Å². The third-order valence-corrected chi connectivity index (χ3v) is 9.71. The summed E-state index contributed by atoms with van der Waals surface area (Å²) in [7, 11) is 0. The maximum Gasteiger partial charge on any atom is 0.194 e. The second-order valence-electron chi connectivity index (χ2n) is 12.8. The van der Waals surface area contributed by atoms with Crippen molar-refractivity contribution in [1.29, 1.82) is 0 Å². The predicted octanol–water partition coefficient (Wildman–Crippen LogP) is 11.8. The van der Waals surface area contributed by atoms with Gasteiger partial charge in [-0.1, -0.05) is 103 Å². The molecule has 0 saturated carbocycles. The molecule has 11 rings (SSSR count). The first-order chi connectivity index (χ1) is 25.8. The van der Waals surface area contributed by atoms with E-state index in [9.17, 15) is 0 Å². The first kappa shape index (κ1) is 28.6. The summed E-state index contributed by atoms with van der Waals surface area (Å²) in [5.41, 5.74) is 7.15. The fourth-order valence-electron chi connectivity index (χ4n) is 7.37. The van der Waals surface area contributed by atoms with Crippen LogP contribution in [0.5, 0.6) is 23.0 Å². The second-order valence-corrected chi connectivity index (χ2v) is 12.8. The molecule has 0 atom stereocenters. The van der Waals surface area contributed by atoms with Crippen LogP contribution >= 0.6 is 0 Å². The van der Waals surface area contributed by atoms with E-state index in [0.29, 0.717) is 40.5 Å². The Balaban J connectivity index is 1.16. The zero-order chi connectivity index (χ0) is 34.2. The second kappa shape index (κ2) is 11.1. The fourth-order valence-corrected chi connectivity index (χ4v) is 7.37. The Hall–Kier alpha value is -7.25. The number of para-hydroxylation sites is 3. The van der Waals surface area contributed by atoms with E-state index in [1.54, 1.807) is 0 Å². The molecule has 4 heterocycles. The zero-order valence-corrected chi connectivity index (χ0v) is 27.5. The van der Waals surface area contributed by atoms with E-state index in [4.69, 9.17) is 28.8 Å². The van der Waals surface area contributed by atoms with Gasteiger partial charge in [-0.15, -0.1) is 0 Å². The maximum absolute atomic E-state index is 6.61. The summed E-state index contributed by atoms with van der Waals surface area (Å²) in [6.45, 7) is 0. The standard InChI is InChI=1S/C45H26N4O3/c1-3-12-27(13-4-1)43-46-44(28-14-5-2-6-15-28)48-45(47-43)32-17-11-21-38-40(32)33-26-29(22-24-35(33)50-38)49-34-18-8-7-16-30(34)31-23-25-39-42(41(31)49)52-37-20-10-9-19-36(37)51-39/h1-26H. The Morgan fingerprint density at radius 2 is 1.12 bits per heavy atom. The van der Waals surface area contributed by atoms with Gasteiger partial charge in [-0.05, 0) is 54.6 Å². The molecule has 1 aliphatic rings. The smallest absolute Gasteiger partial charge is 0.194 e. The summed E-state index contributed by atoms with van der Waals surface area (Å²) in [6.07, 6.45) is 0. The number of aromatic nitrogens is 4. The number of hydrogen-bond donors (Lipinski definition) is 0. The van der Waals surface area contributed by atoms with Gasteiger partial charge in [0.1, 0.15) is 16.7 Å². The molecule has 3 aromatic heterocycles. The van der Waals surface area contributed by atoms with Crippen LogP contribution in [0.3, 0.4) is 0 Å². The molecule has 244 valence electrons. The van der Waals surface area contributed by atoms with E-state index < -0.39 is 0 Å². The van der Waals surface area contributed by atoms with Gasteiger partial charge in [0.25, 0.3) is 0 Å². The first-order valence-corrected chi connectivity index (χ1v) is 17.1. The van der Waals surface area contributed by atoms with Crippen LogP contribution in [0.2, 0.25) is 0 Å². The van der Waals surface area contributed by atoms with Gasteiger partial charge in [0.15, 0.2) is 40.5 Å². The van der Waals surface area contributed by atoms with Crippen LogP contribution in [0.1, 0.15) is 0 Å². The van der Waals surface area contributed by atoms with Gasteiger partial charge in [-0.3, -0.25) is 0 Å². The van der Waals surface area contributed by atoms with Crippen LogP contribution in [0.15, 0.2) is 162 Å². The highest BCUT2D eigenvalue weighted by molar-refractivity contribution is 6.14. The molecule has 1 aliphatic heterocycles. The van der Waals surface area contributed by atoms with E-state index in [2.05, 4.69) is 53.1 Å². The topological polar surface area (TPSA) is 75.2 Å². The van der Waals surface area contributed by atoms with Crippen LogP contribution in [-0.2, 0) is 0 Å². The molecule has 0 bridgehead atoms. The lowest BCUT2D eigenvalue weighted by molar-refractivity contribution is 0.362. The molecule has 10 aromatic rings. The summed E-state index contributed by atoms with van der Waals surface area (Å²) >= 11 is 0. The monoisotopic (exact) mass is 670 g/mol. The van der Waals surface area contributed by atoms with Gasteiger partial charge in [0.2, 0.25) is 0 Å². The average Bonchev–Trinajstić information content (AvgIpc) is 3.76. The lowest BCUT2D eigenvalue weighted by Gasteiger charge is -2.22. The third kappa shape index (κ3) is 4.36. The number of nitrogens with zero attached hydrogens (tertiary/aromatic N) is 4. The molecule has 0 unspecified atom stereocenters. The van der Waals surface area contributed by atoms with Gasteiger partial charge >= 0.3 is 0 Å². The van der Waals surface area contributed by atoms with Crippen molar-refractivity contribution >= 4 is 43.7 Å². The van der Waals surface area contributed by atoms with E-state index >= 15 is 0 Å². The summed E-state index contributed by atoms with van der Waals surface area (Å²) in [5, 5.41) is 4.07. The Bertz CT molecular complexity index is 2960. The van der Waals surface area contributed by atoms with Gasteiger partial charge in [0, 0.05) is 43.9 Å². The van der Waals surface area contributed by atoms with E-state index in [-0.39, 0.29) is 0 Å². The number of hydrogen-bond acceptors (Lipinski definition) is 6. The van der Waals surface area contributed by atoms with Crippen molar-refractivity contribution in [3.8, 4) is 62.8 Å². The SMILES string of the molecule is c1ccc(-c2nc(-c3ccccc3)nc(-c3cccc4oc5ccc(-n6c7ccccc7c7ccc8c(c76)Oc6ccccc6O8)cc5c34)n2)cc1.